The molecular weight excluding hydrogens is 1340 g/mol. The Kier molecular flexibility index (Phi) is 16.4. The van der Waals surface area contributed by atoms with E-state index in [1.54, 1.807) is 60.7 Å². The van der Waals surface area contributed by atoms with E-state index in [0.717, 1.165) is 56.1 Å². The van der Waals surface area contributed by atoms with Gasteiger partial charge in [-0.15, -0.1) is 0 Å². The number of para-hydroxylation sites is 4. The van der Waals surface area contributed by atoms with Crippen LogP contribution in [-0.4, -0.2) is 54.2 Å². The molecule has 0 amide bonds. The third-order valence-electron chi connectivity index (χ3n) is 16.4. The van der Waals surface area contributed by atoms with Crippen molar-refractivity contribution in [2.24, 2.45) is 0 Å². The minimum Gasteiger partial charge on any atom is -0.354 e. The summed E-state index contributed by atoms with van der Waals surface area (Å²) in [7, 11) is 0. The van der Waals surface area contributed by atoms with Gasteiger partial charge >= 0.3 is 0 Å². The molecule has 12 aromatic carbocycles. The van der Waals surface area contributed by atoms with Crippen LogP contribution in [0.1, 0.15) is 0 Å². The molecule has 0 saturated carbocycles. The minimum atomic E-state index is -0.626. The molecule has 0 unspecified atom stereocenters. The van der Waals surface area contributed by atoms with Gasteiger partial charge < -0.3 is 15.0 Å². The van der Waals surface area contributed by atoms with E-state index in [4.69, 9.17) is 15.0 Å². The van der Waals surface area contributed by atoms with Crippen molar-refractivity contribution in [2.45, 2.75) is 0 Å². The van der Waals surface area contributed by atoms with Crippen LogP contribution in [0.5, 0.6) is 0 Å². The molecule has 0 radical (unpaired) electrons. The average Bonchev–Trinajstić information content (AvgIpc) is 1.55. The summed E-state index contributed by atoms with van der Waals surface area (Å²) < 4.78 is 2.33. The first kappa shape index (κ1) is 60.9. The van der Waals surface area contributed by atoms with E-state index in [-0.39, 0.29) is 42.8 Å². The number of nitrogens with one attached hydrogen (secondary N) is 3. The molecule has 17 aromatic rings. The monoisotopic (exact) mass is 1390 g/mol. The number of fused-ring (bicyclic) bond motifs is 12. The fourth-order valence-corrected chi connectivity index (χ4v) is 13.0. The quantitative estimate of drug-likeness (QED) is 0.0903. The van der Waals surface area contributed by atoms with Crippen molar-refractivity contribution in [1.29, 1.82) is 0 Å². The summed E-state index contributed by atoms with van der Waals surface area (Å²) >= 11 is 5.77. The molecule has 19 nitrogen and oxygen atoms in total. The maximum absolute atomic E-state index is 11.5. The zero-order chi connectivity index (χ0) is 66.1. The number of halogens is 2. The van der Waals surface area contributed by atoms with Crippen molar-refractivity contribution in [3.8, 4) is 51.0 Å². The van der Waals surface area contributed by atoms with Crippen LogP contribution in [-0.2, 0) is 0 Å². The smallest absolute Gasteiger partial charge is 0.285 e. The fourth-order valence-electron chi connectivity index (χ4n) is 12.0. The summed E-state index contributed by atoms with van der Waals surface area (Å²) in [6.07, 6.45) is 0. The summed E-state index contributed by atoms with van der Waals surface area (Å²) in [5.74, 6) is 1.89. The van der Waals surface area contributed by atoms with E-state index in [1.807, 2.05) is 60.7 Å². The number of aromatic amines is 3. The van der Waals surface area contributed by atoms with Gasteiger partial charge in [0, 0.05) is 112 Å². The molecule has 3 N–H and O–H groups in total. The first-order valence-corrected chi connectivity index (χ1v) is 31.4. The van der Waals surface area contributed by atoms with Crippen molar-refractivity contribution in [2.75, 3.05) is 0 Å². The maximum Gasteiger partial charge on any atom is 0.285 e. The van der Waals surface area contributed by atoms with Crippen LogP contribution in [0.15, 0.2) is 276 Å². The van der Waals surface area contributed by atoms with Gasteiger partial charge in [0.25, 0.3) is 22.7 Å². The van der Waals surface area contributed by atoms with Crippen molar-refractivity contribution in [1.82, 2.24) is 34.5 Å². The zero-order valence-corrected chi connectivity index (χ0v) is 53.2. The topological polar surface area (TPSA) is 264 Å². The molecule has 0 bridgehead atoms. The number of hydrogen-bond donors (Lipinski definition) is 3. The van der Waals surface area contributed by atoms with Crippen LogP contribution >= 0.6 is 31.9 Å². The normalized spacial score (nSPS) is 11.1. The van der Waals surface area contributed by atoms with Crippen LogP contribution in [0, 0.1) is 40.5 Å². The highest BCUT2D eigenvalue weighted by Gasteiger charge is 2.27. The highest BCUT2D eigenvalue weighted by atomic mass is 79.9. The standard InChI is InChI=1S/C33H21N5.C18H12N2O4.C18H12N2.C6H2Br2N2O4/c1-3-11-21(12-4-1)31-35-32(22-13-5-2-6-14-22)37-33(36-31)38-29-18-10-8-16-24(29)26-19-28-25(20-30(26)38)23-15-7-9-17-27(23)34-28;21-19(22)17-12-16(14-9-5-2-6-10-14)18(20(23)24)11-15(17)13-7-3-1-4-8-13;1-3-7-15-11(5-1)13-9-18-14(10-17(13)19-15)12-6-2-4-8-16(12)20-18;7-3-1-5(9(11)12)4(8)2-6(3)10(13)14/h1-20,34H;1-12H;1-10,19-20H;1-2H. The predicted molar refractivity (Wildman–Crippen MR) is 385 cm³/mol. The van der Waals surface area contributed by atoms with Gasteiger partial charge in [0.15, 0.2) is 11.6 Å². The number of hydrogen-bond acceptors (Lipinski definition) is 11. The van der Waals surface area contributed by atoms with Gasteiger partial charge in [0.2, 0.25) is 5.95 Å². The second-order valence-electron chi connectivity index (χ2n) is 22.1. The van der Waals surface area contributed by atoms with Crippen molar-refractivity contribution < 1.29 is 19.7 Å². The van der Waals surface area contributed by atoms with Gasteiger partial charge in [-0.25, -0.2) is 4.98 Å². The van der Waals surface area contributed by atoms with Gasteiger partial charge in [-0.2, -0.15) is 9.97 Å². The third kappa shape index (κ3) is 11.8. The van der Waals surface area contributed by atoms with Gasteiger partial charge in [-0.3, -0.25) is 45.0 Å². The Hall–Kier alpha value is -12.6. The van der Waals surface area contributed by atoms with Crippen molar-refractivity contribution >= 4 is 142 Å². The van der Waals surface area contributed by atoms with Crippen LogP contribution in [0.4, 0.5) is 22.7 Å². The molecule has 0 saturated heterocycles. The summed E-state index contributed by atoms with van der Waals surface area (Å²) in [4.78, 5) is 67.2. The third-order valence-corrected chi connectivity index (χ3v) is 17.7. The molecule has 0 aliphatic heterocycles. The van der Waals surface area contributed by atoms with Gasteiger partial charge in [-0.05, 0) is 91.5 Å². The second-order valence-corrected chi connectivity index (χ2v) is 23.8. The molecular formula is C75H47Br2N11O8. The Morgan fingerprint density at radius 2 is 0.615 bits per heavy atom. The lowest BCUT2D eigenvalue weighted by Gasteiger charge is -2.11. The number of rotatable bonds is 9. The SMILES string of the molecule is O=[N+]([O-])c1cc(-c2ccccc2)c([N+](=O)[O-])cc1-c1ccccc1.O=[N+]([O-])c1cc(Br)c([N+](=O)[O-])cc1Br.c1ccc(-c2nc(-c3ccccc3)nc(-n3c4ccccc4c4cc5[nH]c6ccccc6c5cc43)n2)cc1.c1ccc2c(c1)[nH]c1cc3c(cc12)[nH]c1ccccc13. The minimum absolute atomic E-state index is 0.0809. The van der Waals surface area contributed by atoms with Crippen LogP contribution < -0.4 is 0 Å². The van der Waals surface area contributed by atoms with E-state index < -0.39 is 19.7 Å². The molecule has 5 heterocycles. The number of nitrogens with zero attached hydrogens (tertiary/aromatic N) is 8. The Balaban J connectivity index is 0.000000118. The molecule has 21 heteroatoms. The number of nitro benzene ring substituents is 4. The lowest BCUT2D eigenvalue weighted by atomic mass is 9.96. The van der Waals surface area contributed by atoms with E-state index in [9.17, 15) is 40.5 Å². The van der Waals surface area contributed by atoms with E-state index in [0.29, 0.717) is 28.7 Å². The number of nitro groups is 4. The highest BCUT2D eigenvalue weighted by molar-refractivity contribution is 9.11. The molecule has 0 atom stereocenters. The molecule has 0 aliphatic carbocycles. The first-order valence-electron chi connectivity index (χ1n) is 29.8. The van der Waals surface area contributed by atoms with Gasteiger partial charge in [-0.1, -0.05) is 194 Å². The molecule has 0 aliphatic rings. The average molecular weight is 1390 g/mol. The van der Waals surface area contributed by atoms with Gasteiger partial charge in [0.1, 0.15) is 8.95 Å². The van der Waals surface area contributed by atoms with Crippen molar-refractivity contribution in [3.63, 3.8) is 0 Å². The molecule has 5 aromatic heterocycles. The van der Waals surface area contributed by atoms with Crippen molar-refractivity contribution in [3.05, 3.63) is 316 Å². The second kappa shape index (κ2) is 25.8. The Morgan fingerprint density at radius 3 is 1.00 bits per heavy atom. The zero-order valence-electron chi connectivity index (χ0n) is 50.0. The first-order chi connectivity index (χ1) is 46.7. The molecule has 0 fully saturated rings. The van der Waals surface area contributed by atoms with Gasteiger partial charge in [0.05, 0.1) is 41.9 Å². The Morgan fingerprint density at radius 1 is 0.292 bits per heavy atom. The van der Waals surface area contributed by atoms with E-state index in [2.05, 4.69) is 173 Å². The molecule has 17 rings (SSSR count). The summed E-state index contributed by atoms with van der Waals surface area (Å²) in [6, 6.07) is 85.0. The lowest BCUT2D eigenvalue weighted by Crippen LogP contribution is -2.06. The van der Waals surface area contributed by atoms with E-state index >= 15 is 0 Å². The fraction of sp³-hybridized carbons (Fsp3) is 0. The molecule has 0 spiro atoms. The summed E-state index contributed by atoms with van der Waals surface area (Å²) in [6.45, 7) is 0. The lowest BCUT2D eigenvalue weighted by molar-refractivity contribution is -0.390. The van der Waals surface area contributed by atoms with Crippen LogP contribution in [0.3, 0.4) is 0 Å². The number of benzene rings is 12. The van der Waals surface area contributed by atoms with E-state index in [1.165, 1.54) is 66.5 Å². The molecule has 96 heavy (non-hydrogen) atoms. The molecule has 464 valence electrons. The summed E-state index contributed by atoms with van der Waals surface area (Å²) in [5, 5.41) is 53.7. The van der Waals surface area contributed by atoms with Crippen LogP contribution in [0.25, 0.3) is 138 Å². The number of H-pyrrole nitrogens is 3. The highest BCUT2D eigenvalue weighted by Crippen LogP contribution is 2.42. The Bertz CT molecular complexity index is 5640. The largest absolute Gasteiger partial charge is 0.354 e. The van der Waals surface area contributed by atoms with Crippen LogP contribution in [0.2, 0.25) is 0 Å². The number of aromatic nitrogens is 7. The predicted octanol–water partition coefficient (Wildman–Crippen LogP) is 20.8. The Labute approximate surface area is 559 Å². The summed E-state index contributed by atoms with van der Waals surface area (Å²) in [5.41, 5.74) is 11.9. The maximum atomic E-state index is 11.5.